The van der Waals surface area contributed by atoms with Gasteiger partial charge in [-0.15, -0.1) is 0 Å². The third kappa shape index (κ3) is 13.8. The van der Waals surface area contributed by atoms with Gasteiger partial charge in [-0.05, 0) is 24.3 Å². The zero-order valence-electron chi connectivity index (χ0n) is 10.5. The maximum absolute atomic E-state index is 9.97. The molecule has 0 radical (unpaired) electrons. The molecule has 8 nitrogen and oxygen atoms in total. The summed E-state index contributed by atoms with van der Waals surface area (Å²) >= 11 is 0. The van der Waals surface area contributed by atoms with Gasteiger partial charge in [-0.2, -0.15) is 0 Å². The van der Waals surface area contributed by atoms with Crippen LogP contribution in [0.5, 0.6) is 0 Å². The van der Waals surface area contributed by atoms with E-state index in [1.165, 1.54) is 12.4 Å². The maximum atomic E-state index is 9.97. The summed E-state index contributed by atoms with van der Waals surface area (Å²) in [7, 11) is 0. The second-order valence-corrected chi connectivity index (χ2v) is 3.03. The number of hydrogen-bond acceptors (Lipinski definition) is 7. The molecule has 2 rings (SSSR count). The van der Waals surface area contributed by atoms with Gasteiger partial charge in [0.15, 0.2) is 12.6 Å². The molecule has 0 aliphatic rings. The molecule has 0 N–H and O–H groups in total. The van der Waals surface area contributed by atoms with E-state index < -0.39 is 5.09 Å². The van der Waals surface area contributed by atoms with Crippen LogP contribution in [0.4, 0.5) is 0 Å². The van der Waals surface area contributed by atoms with E-state index in [0.717, 1.165) is 12.6 Å². The first kappa shape index (κ1) is 20.9. The second kappa shape index (κ2) is 14.0. The van der Waals surface area contributed by atoms with E-state index in [2.05, 4.69) is 9.97 Å². The Bertz CT molecular complexity index is 477. The van der Waals surface area contributed by atoms with Crippen molar-refractivity contribution in [3.05, 3.63) is 75.5 Å². The Hall–Kier alpha value is -2.42. The number of nitrogens with zero attached hydrogens (tertiary/aromatic N) is 3. The van der Waals surface area contributed by atoms with Crippen molar-refractivity contribution in [3.63, 3.8) is 0 Å². The van der Waals surface area contributed by atoms with Crippen molar-refractivity contribution in [1.29, 1.82) is 0 Å². The number of hydrogen-bond donors (Lipinski definition) is 0. The first-order valence-corrected chi connectivity index (χ1v) is 5.12. The van der Waals surface area contributed by atoms with E-state index in [1.807, 2.05) is 0 Å². The molecule has 0 spiro atoms. The normalized spacial score (nSPS) is 7.62. The molecule has 0 unspecified atom stereocenters. The number of pyridine rings is 2. The Labute approximate surface area is 135 Å². The van der Waals surface area contributed by atoms with Gasteiger partial charge >= 0.3 is 22.4 Å². The molecule has 21 heavy (non-hydrogen) atoms. The fourth-order valence-corrected chi connectivity index (χ4v) is 0.891. The molecule has 114 valence electrons. The number of rotatable bonds is 2. The largest absolute Gasteiger partial charge is 1.00 e. The molecule has 0 bridgehead atoms. The van der Waals surface area contributed by atoms with Crippen LogP contribution in [0.3, 0.4) is 0 Å². The number of carbonyl (C=O) groups is 2. The van der Waals surface area contributed by atoms with Crippen molar-refractivity contribution in [2.45, 2.75) is 0 Å². The summed E-state index contributed by atoms with van der Waals surface area (Å²) in [5, 5.41) is 14.8. The monoisotopic (exact) mass is 383 g/mol. The van der Waals surface area contributed by atoms with Gasteiger partial charge < -0.3 is 15.3 Å². The van der Waals surface area contributed by atoms with Crippen molar-refractivity contribution < 1.29 is 37.1 Å². The van der Waals surface area contributed by atoms with Crippen molar-refractivity contribution in [3.8, 4) is 0 Å². The standard InChI is InChI=1S/2C6H5NO.Ag.NO3/c2*8-5-6-2-1-3-7-4-6;;2-1(3)4/h2*1-5H;;/q;;+1;-1. The SMILES string of the molecule is O=Cc1cccnc1.O=Cc1cccnc1.O=[N+]([O-])[O-].[Ag+]. The first-order valence-electron chi connectivity index (χ1n) is 5.12. The Morgan fingerprint density at radius 1 is 0.905 bits per heavy atom. The molecule has 0 aliphatic carbocycles. The molecular formula is C12H10AgN3O5. The Morgan fingerprint density at radius 3 is 1.38 bits per heavy atom. The predicted octanol–water partition coefficient (Wildman–Crippen LogP) is 1.55. The molecule has 0 saturated carbocycles. The van der Waals surface area contributed by atoms with Gasteiger partial charge in [-0.3, -0.25) is 19.6 Å². The summed E-state index contributed by atoms with van der Waals surface area (Å²) in [6, 6.07) is 6.87. The predicted molar refractivity (Wildman–Crippen MR) is 69.6 cm³/mol. The fraction of sp³-hybridized carbons (Fsp3) is 0. The molecular weight excluding hydrogens is 374 g/mol. The maximum Gasteiger partial charge on any atom is 1.00 e. The molecule has 0 saturated heterocycles. The third-order valence-corrected chi connectivity index (χ3v) is 1.64. The quantitative estimate of drug-likeness (QED) is 0.333. The molecule has 0 amide bonds. The van der Waals surface area contributed by atoms with Crippen LogP contribution in [0.2, 0.25) is 0 Å². The van der Waals surface area contributed by atoms with Gasteiger partial charge in [0.25, 0.3) is 0 Å². The van der Waals surface area contributed by atoms with Crippen molar-refractivity contribution in [2.24, 2.45) is 0 Å². The fourth-order valence-electron chi connectivity index (χ4n) is 0.891. The van der Waals surface area contributed by atoms with Gasteiger partial charge in [-0.25, -0.2) is 0 Å². The van der Waals surface area contributed by atoms with E-state index >= 15 is 0 Å². The Balaban J connectivity index is 0. The molecule has 0 aromatic carbocycles. The van der Waals surface area contributed by atoms with Gasteiger partial charge in [0, 0.05) is 35.9 Å². The van der Waals surface area contributed by atoms with Crippen LogP contribution in [0.1, 0.15) is 20.7 Å². The van der Waals surface area contributed by atoms with E-state index in [9.17, 15) is 9.59 Å². The van der Waals surface area contributed by atoms with E-state index in [0.29, 0.717) is 11.1 Å². The van der Waals surface area contributed by atoms with Crippen LogP contribution >= 0.6 is 0 Å². The summed E-state index contributed by atoms with van der Waals surface area (Å²) in [6.45, 7) is 0. The number of aldehydes is 2. The molecule has 9 heteroatoms. The molecule has 2 heterocycles. The van der Waals surface area contributed by atoms with Crippen LogP contribution in [0, 0.1) is 15.3 Å². The minimum Gasteiger partial charge on any atom is -0.356 e. The first-order chi connectivity index (χ1) is 9.60. The van der Waals surface area contributed by atoms with Gasteiger partial charge in [0.05, 0.1) is 5.09 Å². The second-order valence-electron chi connectivity index (χ2n) is 3.03. The summed E-state index contributed by atoms with van der Waals surface area (Å²) in [5.74, 6) is 0. The average Bonchev–Trinajstić information content (AvgIpc) is 2.49. The van der Waals surface area contributed by atoms with Crippen LogP contribution in [0.15, 0.2) is 49.1 Å². The molecule has 0 aliphatic heterocycles. The number of carbonyl (C=O) groups excluding carboxylic acids is 2. The van der Waals surface area contributed by atoms with E-state index in [4.69, 9.17) is 15.3 Å². The average molecular weight is 384 g/mol. The van der Waals surface area contributed by atoms with Crippen LogP contribution in [0.25, 0.3) is 0 Å². The smallest absolute Gasteiger partial charge is 0.356 e. The van der Waals surface area contributed by atoms with Crippen LogP contribution < -0.4 is 0 Å². The summed E-state index contributed by atoms with van der Waals surface area (Å²) in [5.41, 5.74) is 1.24. The minimum atomic E-state index is -1.75. The third-order valence-electron chi connectivity index (χ3n) is 1.64. The summed E-state index contributed by atoms with van der Waals surface area (Å²) < 4.78 is 0. The van der Waals surface area contributed by atoms with E-state index in [-0.39, 0.29) is 22.4 Å². The summed E-state index contributed by atoms with van der Waals surface area (Å²) in [6.07, 6.45) is 7.85. The van der Waals surface area contributed by atoms with Crippen molar-refractivity contribution in [1.82, 2.24) is 9.97 Å². The zero-order chi connectivity index (χ0) is 15.2. The van der Waals surface area contributed by atoms with Crippen molar-refractivity contribution >= 4 is 12.6 Å². The van der Waals surface area contributed by atoms with E-state index in [1.54, 1.807) is 36.7 Å². The Kier molecular flexibility index (Phi) is 13.9. The van der Waals surface area contributed by atoms with Gasteiger partial charge in [0.2, 0.25) is 0 Å². The molecule has 2 aromatic heterocycles. The Morgan fingerprint density at radius 2 is 1.24 bits per heavy atom. The zero-order valence-corrected chi connectivity index (χ0v) is 11.9. The van der Waals surface area contributed by atoms with Crippen molar-refractivity contribution in [2.75, 3.05) is 0 Å². The van der Waals surface area contributed by atoms with Gasteiger partial charge in [0.1, 0.15) is 0 Å². The minimum absolute atomic E-state index is 0. The van der Waals surface area contributed by atoms with Crippen LogP contribution in [-0.2, 0) is 22.4 Å². The number of aromatic nitrogens is 2. The molecule has 0 atom stereocenters. The molecule has 2 aromatic rings. The molecule has 0 fully saturated rings. The topological polar surface area (TPSA) is 126 Å². The summed E-state index contributed by atoms with van der Waals surface area (Å²) in [4.78, 5) is 35.6. The van der Waals surface area contributed by atoms with Gasteiger partial charge in [-0.1, -0.05) is 0 Å². The van der Waals surface area contributed by atoms with Crippen LogP contribution in [-0.4, -0.2) is 27.6 Å².